The molecular formula is C13H13N3S. The number of benzene rings is 1. The van der Waals surface area contributed by atoms with Gasteiger partial charge >= 0.3 is 0 Å². The lowest BCUT2D eigenvalue weighted by Crippen LogP contribution is -1.86. The van der Waals surface area contributed by atoms with Crippen LogP contribution in [-0.4, -0.2) is 9.97 Å². The molecule has 0 saturated carbocycles. The van der Waals surface area contributed by atoms with Gasteiger partial charge in [0.05, 0.1) is 5.51 Å². The van der Waals surface area contributed by atoms with Gasteiger partial charge in [0, 0.05) is 22.7 Å². The van der Waals surface area contributed by atoms with Crippen LogP contribution in [0.5, 0.6) is 0 Å². The molecule has 0 aliphatic carbocycles. The molecule has 3 aromatic rings. The molecule has 0 aliphatic rings. The third-order valence-electron chi connectivity index (χ3n) is 2.97. The summed E-state index contributed by atoms with van der Waals surface area (Å²) < 4.78 is 0. The molecule has 0 atom stereocenters. The van der Waals surface area contributed by atoms with Crippen molar-refractivity contribution in [3.05, 3.63) is 35.0 Å². The molecule has 0 aliphatic heterocycles. The smallest absolute Gasteiger partial charge is 0.114 e. The zero-order chi connectivity index (χ0) is 12.0. The molecule has 2 heterocycles. The average Bonchev–Trinajstić information content (AvgIpc) is 2.83. The molecule has 17 heavy (non-hydrogen) atoms. The van der Waals surface area contributed by atoms with Crippen molar-refractivity contribution in [3.8, 4) is 11.3 Å². The number of nitrogens with two attached hydrogens (primary N) is 1. The van der Waals surface area contributed by atoms with Gasteiger partial charge in [-0.2, -0.15) is 0 Å². The molecule has 3 N–H and O–H groups in total. The lowest BCUT2D eigenvalue weighted by Gasteiger charge is -2.02. The Morgan fingerprint density at radius 2 is 2.12 bits per heavy atom. The molecule has 1 aromatic carbocycles. The minimum Gasteiger partial charge on any atom is -0.389 e. The second-order valence-corrected chi connectivity index (χ2v) is 5.16. The molecule has 86 valence electrons. The normalized spacial score (nSPS) is 11.2. The Hall–Kier alpha value is -1.81. The average molecular weight is 243 g/mol. The predicted octanol–water partition coefficient (Wildman–Crippen LogP) is 3.49. The first kappa shape index (κ1) is 10.4. The van der Waals surface area contributed by atoms with E-state index in [1.54, 1.807) is 5.51 Å². The summed E-state index contributed by atoms with van der Waals surface area (Å²) >= 11 is 1.47. The summed E-state index contributed by atoms with van der Waals surface area (Å²) in [4.78, 5) is 7.64. The van der Waals surface area contributed by atoms with Gasteiger partial charge in [0.25, 0.3) is 0 Å². The Kier molecular flexibility index (Phi) is 2.19. The number of aryl methyl sites for hydroxylation is 2. The number of nitrogens with one attached hydrogen (secondary N) is 1. The Labute approximate surface area is 103 Å². The zero-order valence-electron chi connectivity index (χ0n) is 9.74. The minimum atomic E-state index is 0.769. The van der Waals surface area contributed by atoms with E-state index in [0.29, 0.717) is 0 Å². The van der Waals surface area contributed by atoms with E-state index in [-0.39, 0.29) is 0 Å². The van der Waals surface area contributed by atoms with E-state index in [9.17, 15) is 0 Å². The summed E-state index contributed by atoms with van der Waals surface area (Å²) in [6.45, 7) is 4.22. The van der Waals surface area contributed by atoms with Gasteiger partial charge in [-0.15, -0.1) is 11.3 Å². The third kappa shape index (κ3) is 1.52. The molecule has 2 aromatic heterocycles. The summed E-state index contributed by atoms with van der Waals surface area (Å²) in [5.74, 6) is 0. The minimum absolute atomic E-state index is 0.769. The first-order valence-electron chi connectivity index (χ1n) is 5.44. The van der Waals surface area contributed by atoms with Crippen molar-refractivity contribution in [2.75, 3.05) is 5.73 Å². The maximum absolute atomic E-state index is 5.94. The number of thiazole rings is 1. The van der Waals surface area contributed by atoms with Crippen molar-refractivity contribution >= 4 is 27.2 Å². The second kappa shape index (κ2) is 3.60. The van der Waals surface area contributed by atoms with Crippen molar-refractivity contribution in [2.24, 2.45) is 0 Å². The number of hydrogen-bond donors (Lipinski definition) is 2. The van der Waals surface area contributed by atoms with Crippen LogP contribution in [-0.2, 0) is 0 Å². The third-order valence-corrected chi connectivity index (χ3v) is 3.63. The van der Waals surface area contributed by atoms with E-state index in [0.717, 1.165) is 21.8 Å². The molecule has 0 bridgehead atoms. The van der Waals surface area contributed by atoms with Gasteiger partial charge < -0.3 is 10.7 Å². The van der Waals surface area contributed by atoms with Gasteiger partial charge in [0.15, 0.2) is 0 Å². The summed E-state index contributed by atoms with van der Waals surface area (Å²) in [7, 11) is 0. The van der Waals surface area contributed by atoms with Gasteiger partial charge in [0.1, 0.15) is 10.7 Å². The van der Waals surface area contributed by atoms with E-state index in [4.69, 9.17) is 5.73 Å². The number of nitrogens with zero attached hydrogens (tertiary/aromatic N) is 1. The molecule has 0 saturated heterocycles. The molecule has 0 unspecified atom stereocenters. The van der Waals surface area contributed by atoms with E-state index in [2.05, 4.69) is 35.9 Å². The predicted molar refractivity (Wildman–Crippen MR) is 73.3 cm³/mol. The topological polar surface area (TPSA) is 54.7 Å². The number of H-pyrrole nitrogens is 1. The lowest BCUT2D eigenvalue weighted by molar-refractivity contribution is 1.40. The lowest BCUT2D eigenvalue weighted by atomic mass is 10.0. The van der Waals surface area contributed by atoms with Crippen molar-refractivity contribution < 1.29 is 0 Å². The Morgan fingerprint density at radius 1 is 1.29 bits per heavy atom. The molecule has 3 rings (SSSR count). The van der Waals surface area contributed by atoms with Crippen LogP contribution < -0.4 is 5.73 Å². The largest absolute Gasteiger partial charge is 0.389 e. The molecule has 4 heteroatoms. The summed E-state index contributed by atoms with van der Waals surface area (Å²) in [6.07, 6.45) is 1.99. The van der Waals surface area contributed by atoms with Crippen molar-refractivity contribution in [1.29, 1.82) is 0 Å². The van der Waals surface area contributed by atoms with Gasteiger partial charge in [-0.3, -0.25) is 0 Å². The Balaban J connectivity index is 2.36. The van der Waals surface area contributed by atoms with Crippen LogP contribution in [0.4, 0.5) is 5.00 Å². The number of rotatable bonds is 1. The first-order valence-corrected chi connectivity index (χ1v) is 6.32. The monoisotopic (exact) mass is 243 g/mol. The highest BCUT2D eigenvalue weighted by Crippen LogP contribution is 2.35. The van der Waals surface area contributed by atoms with Crippen molar-refractivity contribution in [1.82, 2.24) is 9.97 Å². The summed E-state index contributed by atoms with van der Waals surface area (Å²) in [5.41, 5.74) is 13.4. The molecule has 0 amide bonds. The highest BCUT2D eigenvalue weighted by Gasteiger charge is 2.13. The standard InChI is InChI=1S/C13H13N3S/c1-7-3-8(2)11-9(5-15-10(11)4-7)12-13(14)17-6-16-12/h3-6,15H,14H2,1-2H3. The first-order chi connectivity index (χ1) is 8.16. The fourth-order valence-corrected chi connectivity index (χ4v) is 2.85. The molecule has 0 fully saturated rings. The van der Waals surface area contributed by atoms with Crippen molar-refractivity contribution in [2.45, 2.75) is 13.8 Å². The molecular weight excluding hydrogens is 230 g/mol. The number of hydrogen-bond acceptors (Lipinski definition) is 3. The van der Waals surface area contributed by atoms with E-state index in [1.165, 1.54) is 27.8 Å². The molecule has 0 radical (unpaired) electrons. The van der Waals surface area contributed by atoms with Crippen LogP contribution in [0.3, 0.4) is 0 Å². The number of aromatic amines is 1. The van der Waals surface area contributed by atoms with Gasteiger partial charge in [-0.1, -0.05) is 6.07 Å². The van der Waals surface area contributed by atoms with Crippen LogP contribution in [0.1, 0.15) is 11.1 Å². The van der Waals surface area contributed by atoms with Crippen LogP contribution in [0.15, 0.2) is 23.8 Å². The number of aromatic nitrogens is 2. The fraction of sp³-hybridized carbons (Fsp3) is 0.154. The maximum atomic E-state index is 5.94. The molecule has 0 spiro atoms. The van der Waals surface area contributed by atoms with E-state index < -0.39 is 0 Å². The molecule has 3 nitrogen and oxygen atoms in total. The Morgan fingerprint density at radius 3 is 2.82 bits per heavy atom. The quantitative estimate of drug-likeness (QED) is 0.687. The van der Waals surface area contributed by atoms with Crippen LogP contribution in [0.2, 0.25) is 0 Å². The van der Waals surface area contributed by atoms with Gasteiger partial charge in [-0.05, 0) is 31.0 Å². The number of fused-ring (bicyclic) bond motifs is 1. The van der Waals surface area contributed by atoms with Gasteiger partial charge in [0.2, 0.25) is 0 Å². The highest BCUT2D eigenvalue weighted by atomic mass is 32.1. The van der Waals surface area contributed by atoms with Crippen molar-refractivity contribution in [3.63, 3.8) is 0 Å². The zero-order valence-corrected chi connectivity index (χ0v) is 10.6. The second-order valence-electron chi connectivity index (χ2n) is 4.27. The Bertz CT molecular complexity index is 694. The number of anilines is 1. The van der Waals surface area contributed by atoms with E-state index in [1.807, 2.05) is 6.20 Å². The summed E-state index contributed by atoms with van der Waals surface area (Å²) in [5, 5.41) is 1.99. The van der Waals surface area contributed by atoms with E-state index >= 15 is 0 Å². The van der Waals surface area contributed by atoms with Crippen LogP contribution in [0.25, 0.3) is 22.2 Å². The fourth-order valence-electron chi connectivity index (χ4n) is 2.31. The van der Waals surface area contributed by atoms with Crippen LogP contribution >= 0.6 is 11.3 Å². The van der Waals surface area contributed by atoms with Crippen LogP contribution in [0, 0.1) is 13.8 Å². The highest BCUT2D eigenvalue weighted by molar-refractivity contribution is 7.14. The van der Waals surface area contributed by atoms with Gasteiger partial charge in [-0.25, -0.2) is 4.98 Å². The SMILES string of the molecule is Cc1cc(C)c2c(-c3ncsc3N)c[nH]c2c1. The summed E-state index contributed by atoms with van der Waals surface area (Å²) in [6, 6.07) is 4.33. The number of nitrogen functional groups attached to an aromatic ring is 1. The maximum Gasteiger partial charge on any atom is 0.114 e.